The van der Waals surface area contributed by atoms with E-state index in [1.54, 1.807) is 6.26 Å². The van der Waals surface area contributed by atoms with E-state index in [9.17, 15) is 0 Å². The third kappa shape index (κ3) is 4.93. The third-order valence-electron chi connectivity index (χ3n) is 3.78. The van der Waals surface area contributed by atoms with Gasteiger partial charge in [-0.2, -0.15) is 0 Å². The van der Waals surface area contributed by atoms with Gasteiger partial charge in [0.25, 0.3) is 0 Å². The van der Waals surface area contributed by atoms with E-state index in [1.807, 2.05) is 0 Å². The Morgan fingerprint density at radius 3 is 3.05 bits per heavy atom. The first-order valence-corrected chi connectivity index (χ1v) is 7.85. The summed E-state index contributed by atoms with van der Waals surface area (Å²) in [7, 11) is 2.16. The summed E-state index contributed by atoms with van der Waals surface area (Å²) in [5, 5.41) is 3.40. The first-order chi connectivity index (χ1) is 9.79. The summed E-state index contributed by atoms with van der Waals surface area (Å²) in [5.41, 5.74) is 1.28. The van der Waals surface area contributed by atoms with Crippen LogP contribution in [0.5, 0.6) is 0 Å². The van der Waals surface area contributed by atoms with Crippen LogP contribution in [-0.4, -0.2) is 37.7 Å². The highest BCUT2D eigenvalue weighted by Gasteiger charge is 2.17. The fourth-order valence-corrected chi connectivity index (χ4v) is 2.70. The van der Waals surface area contributed by atoms with Crippen molar-refractivity contribution in [1.82, 2.24) is 10.2 Å². The number of hydrogen-bond acceptors (Lipinski definition) is 4. The molecule has 0 radical (unpaired) electrons. The van der Waals surface area contributed by atoms with Crippen LogP contribution in [0, 0.1) is 0 Å². The molecule has 0 aliphatic carbocycles. The van der Waals surface area contributed by atoms with Gasteiger partial charge in [-0.25, -0.2) is 0 Å². The summed E-state index contributed by atoms with van der Waals surface area (Å²) in [6.07, 6.45) is 7.06. The van der Waals surface area contributed by atoms with E-state index >= 15 is 0 Å². The summed E-state index contributed by atoms with van der Waals surface area (Å²) >= 11 is 0. The quantitative estimate of drug-likeness (QED) is 0.743. The zero-order valence-electron chi connectivity index (χ0n) is 12.9. The second kappa shape index (κ2) is 8.45. The van der Waals surface area contributed by atoms with E-state index in [-0.39, 0.29) is 0 Å². The van der Waals surface area contributed by atoms with Crippen LogP contribution in [0.1, 0.15) is 43.9 Å². The van der Waals surface area contributed by atoms with Crippen LogP contribution in [0.25, 0.3) is 0 Å². The second-order valence-corrected chi connectivity index (χ2v) is 5.73. The van der Waals surface area contributed by atoms with E-state index < -0.39 is 0 Å². The Bertz CT molecular complexity index is 372. The zero-order valence-corrected chi connectivity index (χ0v) is 12.9. The van der Waals surface area contributed by atoms with Crippen LogP contribution >= 0.6 is 0 Å². The van der Waals surface area contributed by atoms with Crippen LogP contribution in [0.4, 0.5) is 0 Å². The molecule has 1 atom stereocenters. The highest BCUT2D eigenvalue weighted by atomic mass is 16.5. The van der Waals surface area contributed by atoms with E-state index in [4.69, 9.17) is 9.15 Å². The molecule has 0 amide bonds. The third-order valence-corrected chi connectivity index (χ3v) is 3.78. The second-order valence-electron chi connectivity index (χ2n) is 5.73. The van der Waals surface area contributed by atoms with Crippen molar-refractivity contribution >= 4 is 0 Å². The molecule has 1 aliphatic heterocycles. The monoisotopic (exact) mass is 280 g/mol. The average Bonchev–Trinajstić information content (AvgIpc) is 2.87. The van der Waals surface area contributed by atoms with Gasteiger partial charge in [0.2, 0.25) is 0 Å². The van der Waals surface area contributed by atoms with E-state index in [0.717, 1.165) is 45.0 Å². The Morgan fingerprint density at radius 1 is 1.40 bits per heavy atom. The number of nitrogens with one attached hydrogen (secondary N) is 1. The summed E-state index contributed by atoms with van der Waals surface area (Å²) in [5.74, 6) is 1.06. The molecular weight excluding hydrogens is 252 g/mol. The van der Waals surface area contributed by atoms with Crippen molar-refractivity contribution in [1.29, 1.82) is 0 Å². The predicted octanol–water partition coefficient (Wildman–Crippen LogP) is 2.78. The maximum atomic E-state index is 5.80. The van der Waals surface area contributed by atoms with Crippen LogP contribution in [0.15, 0.2) is 16.7 Å². The minimum atomic E-state index is 0.405. The number of furan rings is 1. The summed E-state index contributed by atoms with van der Waals surface area (Å²) in [4.78, 5) is 2.34. The maximum absolute atomic E-state index is 5.80. The standard InChI is InChI=1S/C16H28N2O2/c1-3-8-17-11-16-14(7-10-20-16)12-18(2)13-15-6-4-5-9-19-15/h7,10,15,17H,3-6,8-9,11-13H2,1-2H3. The van der Waals surface area contributed by atoms with Gasteiger partial charge in [0.1, 0.15) is 5.76 Å². The normalized spacial score (nSPS) is 19.6. The molecule has 1 saturated heterocycles. The lowest BCUT2D eigenvalue weighted by molar-refractivity contribution is -0.00266. The average molecular weight is 280 g/mol. The highest BCUT2D eigenvalue weighted by Crippen LogP contribution is 2.16. The van der Waals surface area contributed by atoms with Gasteiger partial charge in [-0.15, -0.1) is 0 Å². The first kappa shape index (κ1) is 15.5. The molecule has 4 nitrogen and oxygen atoms in total. The highest BCUT2D eigenvalue weighted by molar-refractivity contribution is 5.16. The minimum Gasteiger partial charge on any atom is -0.468 e. The number of rotatable bonds is 8. The van der Waals surface area contributed by atoms with Gasteiger partial charge in [-0.3, -0.25) is 4.90 Å². The SMILES string of the molecule is CCCNCc1occc1CN(C)CC1CCCCO1. The van der Waals surface area contributed by atoms with Crippen molar-refractivity contribution < 1.29 is 9.15 Å². The molecular formula is C16H28N2O2. The van der Waals surface area contributed by atoms with Crippen molar-refractivity contribution in [3.8, 4) is 0 Å². The lowest BCUT2D eigenvalue weighted by Crippen LogP contribution is -2.33. The lowest BCUT2D eigenvalue weighted by atomic mass is 10.1. The van der Waals surface area contributed by atoms with Crippen molar-refractivity contribution in [2.45, 2.75) is 51.8 Å². The molecule has 1 unspecified atom stereocenters. The molecule has 4 heteroatoms. The summed E-state index contributed by atoms with van der Waals surface area (Å²) < 4.78 is 11.4. The largest absolute Gasteiger partial charge is 0.468 e. The Kier molecular flexibility index (Phi) is 6.57. The smallest absolute Gasteiger partial charge is 0.122 e. The first-order valence-electron chi connectivity index (χ1n) is 7.85. The lowest BCUT2D eigenvalue weighted by Gasteiger charge is -2.27. The molecule has 0 aromatic carbocycles. The molecule has 1 aromatic heterocycles. The minimum absolute atomic E-state index is 0.405. The molecule has 0 spiro atoms. The van der Waals surface area contributed by atoms with Gasteiger partial charge in [0.15, 0.2) is 0 Å². The number of nitrogens with zero attached hydrogens (tertiary/aromatic N) is 1. The molecule has 0 saturated carbocycles. The Hall–Kier alpha value is -0.840. The predicted molar refractivity (Wildman–Crippen MR) is 80.6 cm³/mol. The number of ether oxygens (including phenoxy) is 1. The van der Waals surface area contributed by atoms with Crippen LogP contribution < -0.4 is 5.32 Å². The van der Waals surface area contributed by atoms with E-state index in [1.165, 1.54) is 24.8 Å². The fourth-order valence-electron chi connectivity index (χ4n) is 2.70. The molecule has 1 aromatic rings. The van der Waals surface area contributed by atoms with Crippen LogP contribution in [0.2, 0.25) is 0 Å². The van der Waals surface area contributed by atoms with Gasteiger partial charge in [-0.05, 0) is 45.3 Å². The van der Waals surface area contributed by atoms with Gasteiger partial charge in [0, 0.05) is 25.3 Å². The molecule has 2 heterocycles. The molecule has 1 N–H and O–H groups in total. The van der Waals surface area contributed by atoms with Crippen molar-refractivity contribution in [2.75, 3.05) is 26.7 Å². The topological polar surface area (TPSA) is 37.6 Å². The van der Waals surface area contributed by atoms with Gasteiger partial charge in [-0.1, -0.05) is 6.92 Å². The Morgan fingerprint density at radius 2 is 2.30 bits per heavy atom. The summed E-state index contributed by atoms with van der Waals surface area (Å²) in [6, 6.07) is 2.08. The van der Waals surface area contributed by atoms with Crippen LogP contribution in [0.3, 0.4) is 0 Å². The molecule has 0 bridgehead atoms. The van der Waals surface area contributed by atoms with Crippen LogP contribution in [-0.2, 0) is 17.8 Å². The van der Waals surface area contributed by atoms with Crippen molar-refractivity contribution in [3.63, 3.8) is 0 Å². The summed E-state index contributed by atoms with van der Waals surface area (Å²) in [6.45, 7) is 6.90. The van der Waals surface area contributed by atoms with Crippen molar-refractivity contribution in [3.05, 3.63) is 23.7 Å². The molecule has 1 aliphatic rings. The Balaban J connectivity index is 1.78. The number of likely N-dealkylation sites (N-methyl/N-ethyl adjacent to an activating group) is 1. The van der Waals surface area contributed by atoms with Gasteiger partial charge < -0.3 is 14.5 Å². The van der Waals surface area contributed by atoms with E-state index in [0.29, 0.717) is 6.10 Å². The zero-order chi connectivity index (χ0) is 14.2. The fraction of sp³-hybridized carbons (Fsp3) is 0.750. The van der Waals surface area contributed by atoms with E-state index in [2.05, 4.69) is 30.3 Å². The molecule has 2 rings (SSSR count). The molecule has 114 valence electrons. The van der Waals surface area contributed by atoms with Gasteiger partial charge in [0.05, 0.1) is 18.9 Å². The maximum Gasteiger partial charge on any atom is 0.122 e. The molecule has 1 fully saturated rings. The van der Waals surface area contributed by atoms with Gasteiger partial charge >= 0.3 is 0 Å². The van der Waals surface area contributed by atoms with Crippen molar-refractivity contribution in [2.24, 2.45) is 0 Å². The number of hydrogen-bond donors (Lipinski definition) is 1. The Labute approximate surface area is 122 Å². The molecule has 20 heavy (non-hydrogen) atoms.